The van der Waals surface area contributed by atoms with Crippen molar-refractivity contribution in [3.8, 4) is 0 Å². The van der Waals surface area contributed by atoms with Crippen LogP contribution in [0, 0.1) is 0 Å². The Morgan fingerprint density at radius 3 is 1.22 bits per heavy atom. The van der Waals surface area contributed by atoms with E-state index < -0.39 is 0 Å². The number of hydrogen-bond acceptors (Lipinski definition) is 8. The van der Waals surface area contributed by atoms with E-state index in [2.05, 4.69) is 156 Å². The van der Waals surface area contributed by atoms with Gasteiger partial charge in [-0.15, -0.1) is 0 Å². The van der Waals surface area contributed by atoms with Gasteiger partial charge in [0.25, 0.3) is 0 Å². The molecule has 3 saturated carbocycles. The fourth-order valence-corrected chi connectivity index (χ4v) is 15.7. The molecular formula is C52H64N8. The molecule has 0 spiro atoms. The summed E-state index contributed by atoms with van der Waals surface area (Å²) < 4.78 is 0. The van der Waals surface area contributed by atoms with E-state index in [0.717, 1.165) is 13.1 Å². The average Bonchev–Trinajstić information content (AvgIpc) is 3.32. The minimum absolute atomic E-state index is 0.231. The zero-order valence-electron chi connectivity index (χ0n) is 35.2. The number of benzene rings is 4. The summed E-state index contributed by atoms with van der Waals surface area (Å²) in [5.74, 6) is 0. The van der Waals surface area contributed by atoms with Gasteiger partial charge in [-0.2, -0.15) is 0 Å². The Morgan fingerprint density at radius 1 is 0.350 bits per heavy atom. The molecule has 4 aromatic rings. The van der Waals surface area contributed by atoms with Crippen LogP contribution in [0.2, 0.25) is 0 Å². The molecule has 9 aliphatic rings. The highest BCUT2D eigenvalue weighted by molar-refractivity contribution is 5.58. The van der Waals surface area contributed by atoms with Crippen molar-refractivity contribution in [1.29, 1.82) is 0 Å². The Hall–Kier alpha value is -4.08. The lowest BCUT2D eigenvalue weighted by Gasteiger charge is -2.74. The number of piperazine rings is 4. The average molecular weight is 801 g/mol. The zero-order chi connectivity index (χ0) is 39.3. The number of piperidine rings is 2. The van der Waals surface area contributed by atoms with Crippen molar-refractivity contribution in [2.45, 2.75) is 162 Å². The summed E-state index contributed by atoms with van der Waals surface area (Å²) >= 11 is 0. The fourth-order valence-electron chi connectivity index (χ4n) is 15.7. The van der Waals surface area contributed by atoms with Crippen molar-refractivity contribution >= 4 is 22.7 Å². The van der Waals surface area contributed by atoms with Crippen LogP contribution in [0.4, 0.5) is 22.7 Å². The molecule has 3 aliphatic carbocycles. The third kappa shape index (κ3) is 5.49. The van der Waals surface area contributed by atoms with E-state index in [1.165, 1.54) is 99.8 Å². The first kappa shape index (κ1) is 36.6. The summed E-state index contributed by atoms with van der Waals surface area (Å²) in [6, 6.07) is 52.5. The van der Waals surface area contributed by atoms with Gasteiger partial charge in [-0.1, -0.05) is 85.6 Å². The number of nitrogens with one attached hydrogen (secondary N) is 2. The zero-order valence-corrected chi connectivity index (χ0v) is 35.2. The number of hydrogen-bond donors (Lipinski definition) is 2. The molecule has 6 heterocycles. The fraction of sp³-hybridized carbons (Fsp3) is 0.538. The van der Waals surface area contributed by atoms with Crippen molar-refractivity contribution in [1.82, 2.24) is 20.4 Å². The first-order chi connectivity index (χ1) is 29.8. The summed E-state index contributed by atoms with van der Waals surface area (Å²) in [4.78, 5) is 18.4. The molecule has 6 saturated heterocycles. The molecule has 14 unspecified atom stereocenters. The van der Waals surface area contributed by atoms with Crippen molar-refractivity contribution in [2.24, 2.45) is 0 Å². The molecule has 0 bridgehead atoms. The van der Waals surface area contributed by atoms with Crippen LogP contribution in [0.25, 0.3) is 0 Å². The van der Waals surface area contributed by atoms with Crippen molar-refractivity contribution < 1.29 is 0 Å². The van der Waals surface area contributed by atoms with E-state index in [0.29, 0.717) is 72.5 Å². The van der Waals surface area contributed by atoms with Gasteiger partial charge in [0, 0.05) is 89.7 Å². The van der Waals surface area contributed by atoms with E-state index in [4.69, 9.17) is 5.32 Å². The lowest BCUT2D eigenvalue weighted by atomic mass is 9.69. The summed E-state index contributed by atoms with van der Waals surface area (Å²) in [6.07, 6.45) is 15.9. The number of rotatable bonds is 4. The van der Waals surface area contributed by atoms with Crippen LogP contribution >= 0.6 is 0 Å². The predicted molar refractivity (Wildman–Crippen MR) is 244 cm³/mol. The first-order valence-corrected chi connectivity index (χ1v) is 24.2. The topological polar surface area (TPSA) is 43.5 Å². The Balaban J connectivity index is 0.980. The molecule has 8 heteroatoms. The number of anilines is 4. The van der Waals surface area contributed by atoms with Crippen LogP contribution in [-0.2, 0) is 0 Å². The highest BCUT2D eigenvalue weighted by Crippen LogP contribution is 2.54. The van der Waals surface area contributed by atoms with Gasteiger partial charge in [-0.25, -0.2) is 0 Å². The third-order valence-electron chi connectivity index (χ3n) is 17.4. The molecule has 0 amide bonds. The summed E-state index contributed by atoms with van der Waals surface area (Å²) in [6.45, 7) is 2.19. The first-order valence-electron chi connectivity index (χ1n) is 24.2. The van der Waals surface area contributed by atoms with Crippen LogP contribution in [0.15, 0.2) is 121 Å². The molecule has 4 aromatic carbocycles. The Bertz CT molecular complexity index is 1960. The molecule has 8 nitrogen and oxygen atoms in total. The highest BCUT2D eigenvalue weighted by atomic mass is 15.5. The largest absolute Gasteiger partial charge is 0.362 e. The summed E-state index contributed by atoms with van der Waals surface area (Å²) in [7, 11) is 0. The Morgan fingerprint density at radius 2 is 0.733 bits per heavy atom. The van der Waals surface area contributed by atoms with Gasteiger partial charge in [0.15, 0.2) is 0 Å². The molecule has 9 fully saturated rings. The minimum Gasteiger partial charge on any atom is -0.362 e. The molecule has 2 N–H and O–H groups in total. The number of nitrogens with zero attached hydrogens (tertiary/aromatic N) is 6. The van der Waals surface area contributed by atoms with Crippen LogP contribution in [-0.4, -0.2) is 108 Å². The summed E-state index contributed by atoms with van der Waals surface area (Å²) in [5, 5.41) is 8.71. The number of para-hydroxylation sites is 4. The molecule has 13 rings (SSSR count). The lowest BCUT2D eigenvalue weighted by Crippen LogP contribution is -2.90. The molecule has 60 heavy (non-hydrogen) atoms. The smallest absolute Gasteiger partial charge is 0.0974 e. The SMILES string of the molecule is c1ccc(N2C3CCCCC3N3C4CC5C(NC4N(c4ccccc4)C4CCCC2C43)N(c2ccccc2)C2CCCC3C2N5C2CNCCC2N3c2ccccc2)cc1. The van der Waals surface area contributed by atoms with E-state index >= 15 is 0 Å². The predicted octanol–water partition coefficient (Wildman–Crippen LogP) is 7.68. The van der Waals surface area contributed by atoms with Gasteiger partial charge in [-0.05, 0) is 119 Å². The standard InChI is InChI=1S/C52H64N8/c1-5-17-35(18-6-1)55-39-25-13-14-26-40(39)59-46-33-47-52(54-51(46)57(37-21-9-3-10-22-37)44-29-15-27-42(55)49(44)59)58(38-23-11-4-12-24-38)45-30-16-28-43-50(45)60(47)48-34-53-32-31-41(48)56(43)36-19-7-2-8-20-36/h1-12,17-24,39-54H,13-16,25-34H2. The van der Waals surface area contributed by atoms with Gasteiger partial charge in [0.05, 0.1) is 24.4 Å². The molecule has 14 atom stereocenters. The second kappa shape index (κ2) is 14.8. The second-order valence-electron chi connectivity index (χ2n) is 20.0. The van der Waals surface area contributed by atoms with Crippen molar-refractivity contribution in [3.05, 3.63) is 121 Å². The highest BCUT2D eigenvalue weighted by Gasteiger charge is 2.66. The van der Waals surface area contributed by atoms with Gasteiger partial charge in [0.1, 0.15) is 0 Å². The summed E-state index contributed by atoms with van der Waals surface area (Å²) in [5.41, 5.74) is 5.71. The Kier molecular flexibility index (Phi) is 9.01. The molecule has 0 radical (unpaired) electrons. The van der Waals surface area contributed by atoms with Crippen molar-refractivity contribution in [3.63, 3.8) is 0 Å². The van der Waals surface area contributed by atoms with E-state index in [1.54, 1.807) is 0 Å². The number of fused-ring (bicyclic) bond motifs is 8. The van der Waals surface area contributed by atoms with Gasteiger partial charge >= 0.3 is 0 Å². The normalized spacial score (nSPS) is 39.7. The van der Waals surface area contributed by atoms with Crippen LogP contribution in [0.1, 0.15) is 77.0 Å². The van der Waals surface area contributed by atoms with E-state index in [1.807, 2.05) is 0 Å². The van der Waals surface area contributed by atoms with Gasteiger partial charge in [0.2, 0.25) is 0 Å². The van der Waals surface area contributed by atoms with Crippen LogP contribution in [0.3, 0.4) is 0 Å². The van der Waals surface area contributed by atoms with Crippen LogP contribution < -0.4 is 30.2 Å². The lowest BCUT2D eigenvalue weighted by molar-refractivity contribution is -0.123. The van der Waals surface area contributed by atoms with Gasteiger partial charge in [-0.3, -0.25) is 15.1 Å². The molecule has 0 aromatic heterocycles. The Labute approximate surface area is 357 Å². The maximum absolute atomic E-state index is 4.72. The second-order valence-corrected chi connectivity index (χ2v) is 20.0. The minimum atomic E-state index is 0.231. The third-order valence-corrected chi connectivity index (χ3v) is 17.4. The van der Waals surface area contributed by atoms with Crippen LogP contribution in [0.5, 0.6) is 0 Å². The molecule has 312 valence electrons. The monoisotopic (exact) mass is 801 g/mol. The van der Waals surface area contributed by atoms with E-state index in [-0.39, 0.29) is 12.3 Å². The van der Waals surface area contributed by atoms with Gasteiger partial charge < -0.3 is 24.9 Å². The van der Waals surface area contributed by atoms with E-state index in [9.17, 15) is 0 Å². The quantitative estimate of drug-likeness (QED) is 0.218. The maximum atomic E-state index is 4.72. The molecule has 6 aliphatic heterocycles. The maximum Gasteiger partial charge on any atom is 0.0974 e. The van der Waals surface area contributed by atoms with Crippen molar-refractivity contribution in [2.75, 3.05) is 32.7 Å². The molecular weight excluding hydrogens is 737 g/mol.